The number of ether oxygens (including phenoxy) is 1. The van der Waals surface area contributed by atoms with E-state index >= 15 is 0 Å². The lowest BCUT2D eigenvalue weighted by atomic mass is 9.76. The predicted molar refractivity (Wildman–Crippen MR) is 117 cm³/mol. The first-order valence-electron chi connectivity index (χ1n) is 10.8. The fraction of sp³-hybridized carbons (Fsp3) is 0.391. The maximum atomic E-state index is 13.2. The third-order valence-corrected chi connectivity index (χ3v) is 5.92. The Morgan fingerprint density at radius 2 is 1.94 bits per heavy atom. The van der Waals surface area contributed by atoms with E-state index in [1.807, 2.05) is 18.2 Å². The van der Waals surface area contributed by atoms with Crippen LogP contribution in [0.25, 0.3) is 0 Å². The quantitative estimate of drug-likeness (QED) is 0.585. The largest absolute Gasteiger partial charge is 0.489 e. The first kappa shape index (κ1) is 21.6. The van der Waals surface area contributed by atoms with Crippen LogP contribution in [0.4, 0.5) is 0 Å². The van der Waals surface area contributed by atoms with Gasteiger partial charge in [-0.05, 0) is 37.5 Å². The minimum absolute atomic E-state index is 0.114. The molecule has 9 heteroatoms. The lowest BCUT2D eigenvalue weighted by molar-refractivity contribution is -0.133. The summed E-state index contributed by atoms with van der Waals surface area (Å²) in [4.78, 5) is 40.3. The minimum atomic E-state index is -0.740. The predicted octanol–water partition coefficient (Wildman–Crippen LogP) is 1.52. The lowest BCUT2D eigenvalue weighted by Crippen LogP contribution is -2.54. The Morgan fingerprint density at radius 1 is 1.09 bits per heavy atom. The Morgan fingerprint density at radius 3 is 2.78 bits per heavy atom. The third-order valence-electron chi connectivity index (χ3n) is 5.92. The number of likely N-dealkylation sites (tertiary alicyclic amines) is 1. The summed E-state index contributed by atoms with van der Waals surface area (Å²) in [5.74, 6) is -0.0131. The number of rotatable bonds is 1. The van der Waals surface area contributed by atoms with E-state index in [2.05, 4.69) is 20.8 Å². The summed E-state index contributed by atoms with van der Waals surface area (Å²) in [6.07, 6.45) is 7.20. The van der Waals surface area contributed by atoms with E-state index in [4.69, 9.17) is 4.74 Å². The zero-order valence-electron chi connectivity index (χ0n) is 17.8. The number of carbonyl (C=O) groups is 3. The van der Waals surface area contributed by atoms with Crippen molar-refractivity contribution in [1.29, 1.82) is 0 Å². The number of aromatic amines is 1. The Labute approximate surface area is 186 Å². The Hall–Kier alpha value is -3.62. The van der Waals surface area contributed by atoms with E-state index < -0.39 is 5.41 Å². The number of H-pyrrole nitrogens is 1. The van der Waals surface area contributed by atoms with Gasteiger partial charge in [0.2, 0.25) is 5.91 Å². The molecule has 1 unspecified atom stereocenters. The first-order chi connectivity index (χ1) is 15.6. The molecule has 1 saturated heterocycles. The Kier molecular flexibility index (Phi) is 6.53. The van der Waals surface area contributed by atoms with Gasteiger partial charge in [0.1, 0.15) is 18.1 Å². The van der Waals surface area contributed by atoms with Gasteiger partial charge in [-0.15, -0.1) is 0 Å². The summed E-state index contributed by atoms with van der Waals surface area (Å²) in [5, 5.41) is 12.3. The van der Waals surface area contributed by atoms with Crippen molar-refractivity contribution in [3.8, 4) is 5.75 Å². The smallest absolute Gasteiger partial charge is 0.271 e. The average Bonchev–Trinajstić information content (AvgIpc) is 3.36. The standard InChI is InChI=1S/C23H27N5O4/c29-20-17-6-1-2-7-19(17)32-15-4-3-9-23(22(31)25-13-12-24-20)10-5-14-28(16-23)21(30)18-8-11-26-27-18/h1-4,6-8,11H,5,9-10,12-16H2,(H,24,29)(H,25,31)(H,26,27)/b4-3+. The monoisotopic (exact) mass is 437 g/mol. The number of para-hydroxylation sites is 1. The Bertz CT molecular complexity index is 1000. The van der Waals surface area contributed by atoms with E-state index in [-0.39, 0.29) is 24.3 Å². The van der Waals surface area contributed by atoms with E-state index in [0.717, 1.165) is 6.42 Å². The van der Waals surface area contributed by atoms with E-state index in [1.165, 1.54) is 6.20 Å². The van der Waals surface area contributed by atoms with Crippen LogP contribution < -0.4 is 15.4 Å². The number of nitrogens with zero attached hydrogens (tertiary/aromatic N) is 2. The second-order valence-electron chi connectivity index (χ2n) is 8.08. The van der Waals surface area contributed by atoms with Crippen molar-refractivity contribution in [3.63, 3.8) is 0 Å². The number of fused-ring (bicyclic) bond motifs is 1. The van der Waals surface area contributed by atoms with Crippen LogP contribution in [0.1, 0.15) is 40.1 Å². The molecule has 168 valence electrons. The van der Waals surface area contributed by atoms with Crippen molar-refractivity contribution in [3.05, 3.63) is 59.9 Å². The van der Waals surface area contributed by atoms with Crippen LogP contribution in [-0.2, 0) is 4.79 Å². The van der Waals surface area contributed by atoms with Crippen LogP contribution in [0.15, 0.2) is 48.7 Å². The highest BCUT2D eigenvalue weighted by Gasteiger charge is 2.42. The van der Waals surface area contributed by atoms with Gasteiger partial charge in [0.15, 0.2) is 0 Å². The third kappa shape index (κ3) is 4.66. The number of carbonyl (C=O) groups excluding carboxylic acids is 3. The maximum absolute atomic E-state index is 13.2. The highest BCUT2D eigenvalue weighted by Crippen LogP contribution is 2.35. The molecule has 3 amide bonds. The highest BCUT2D eigenvalue weighted by atomic mass is 16.5. The molecule has 1 fully saturated rings. The molecule has 2 aliphatic rings. The summed E-state index contributed by atoms with van der Waals surface area (Å²) in [7, 11) is 0. The molecule has 0 radical (unpaired) electrons. The zero-order chi connectivity index (χ0) is 22.4. The van der Waals surface area contributed by atoms with Crippen molar-refractivity contribution < 1.29 is 19.1 Å². The maximum Gasteiger partial charge on any atom is 0.271 e. The zero-order valence-corrected chi connectivity index (χ0v) is 17.8. The fourth-order valence-corrected chi connectivity index (χ4v) is 4.22. The van der Waals surface area contributed by atoms with Gasteiger partial charge in [0, 0.05) is 32.4 Å². The van der Waals surface area contributed by atoms with Gasteiger partial charge in [-0.3, -0.25) is 19.5 Å². The lowest BCUT2D eigenvalue weighted by Gasteiger charge is -2.41. The van der Waals surface area contributed by atoms with E-state index in [9.17, 15) is 14.4 Å². The van der Waals surface area contributed by atoms with Crippen LogP contribution in [0.3, 0.4) is 0 Å². The van der Waals surface area contributed by atoms with Gasteiger partial charge in [-0.1, -0.05) is 24.3 Å². The van der Waals surface area contributed by atoms with Gasteiger partial charge < -0.3 is 20.3 Å². The van der Waals surface area contributed by atoms with Gasteiger partial charge in [0.25, 0.3) is 11.8 Å². The molecule has 1 aromatic carbocycles. The van der Waals surface area contributed by atoms with Crippen LogP contribution in [0.2, 0.25) is 0 Å². The number of nitrogens with one attached hydrogen (secondary N) is 3. The van der Waals surface area contributed by atoms with Crippen molar-refractivity contribution >= 4 is 17.7 Å². The van der Waals surface area contributed by atoms with E-state index in [1.54, 1.807) is 29.2 Å². The number of amides is 3. The van der Waals surface area contributed by atoms with Crippen LogP contribution in [-0.4, -0.2) is 65.6 Å². The molecule has 1 spiro atoms. The molecule has 2 aliphatic heterocycles. The molecule has 1 aromatic heterocycles. The normalized spacial score (nSPS) is 23.3. The molecule has 3 N–H and O–H groups in total. The van der Waals surface area contributed by atoms with Crippen molar-refractivity contribution in [1.82, 2.24) is 25.7 Å². The molecule has 0 saturated carbocycles. The highest BCUT2D eigenvalue weighted by molar-refractivity contribution is 5.97. The van der Waals surface area contributed by atoms with Gasteiger partial charge >= 0.3 is 0 Å². The molecule has 9 nitrogen and oxygen atoms in total. The molecular formula is C23H27N5O4. The summed E-state index contributed by atoms with van der Waals surface area (Å²) in [5.41, 5.74) is 0.130. The average molecular weight is 438 g/mol. The summed E-state index contributed by atoms with van der Waals surface area (Å²) in [6.45, 7) is 1.78. The number of allylic oxidation sites excluding steroid dienone is 1. The fourth-order valence-electron chi connectivity index (χ4n) is 4.22. The first-order valence-corrected chi connectivity index (χ1v) is 10.8. The number of benzene rings is 1. The molecular weight excluding hydrogens is 410 g/mol. The molecule has 3 heterocycles. The van der Waals surface area contributed by atoms with Gasteiger partial charge in [-0.25, -0.2) is 0 Å². The molecule has 0 bridgehead atoms. The van der Waals surface area contributed by atoms with Gasteiger partial charge in [0.05, 0.1) is 11.0 Å². The molecule has 1 atom stereocenters. The Balaban J connectivity index is 1.52. The molecule has 32 heavy (non-hydrogen) atoms. The summed E-state index contributed by atoms with van der Waals surface area (Å²) in [6, 6.07) is 8.71. The summed E-state index contributed by atoms with van der Waals surface area (Å²) < 4.78 is 5.79. The molecule has 2 aromatic rings. The van der Waals surface area contributed by atoms with Crippen LogP contribution >= 0.6 is 0 Å². The topological polar surface area (TPSA) is 116 Å². The second kappa shape index (κ2) is 9.67. The summed E-state index contributed by atoms with van der Waals surface area (Å²) >= 11 is 0. The number of aromatic nitrogens is 2. The number of hydrogen-bond acceptors (Lipinski definition) is 5. The molecule has 4 rings (SSSR count). The van der Waals surface area contributed by atoms with E-state index in [0.29, 0.717) is 56.0 Å². The van der Waals surface area contributed by atoms with Crippen LogP contribution in [0.5, 0.6) is 5.75 Å². The molecule has 0 aliphatic carbocycles. The van der Waals surface area contributed by atoms with Gasteiger partial charge in [-0.2, -0.15) is 5.10 Å². The number of hydrogen-bond donors (Lipinski definition) is 3. The van der Waals surface area contributed by atoms with Crippen LogP contribution in [0, 0.1) is 5.41 Å². The minimum Gasteiger partial charge on any atom is -0.489 e. The SMILES string of the molecule is O=C1NCCNC(=O)C2(C/C=C/COc3ccccc31)CCCN(C(=O)c1ccn[nH]1)C2. The van der Waals surface area contributed by atoms with Crippen molar-refractivity contribution in [2.75, 3.05) is 32.8 Å². The second-order valence-corrected chi connectivity index (χ2v) is 8.08. The van der Waals surface area contributed by atoms with Crippen molar-refractivity contribution in [2.24, 2.45) is 5.41 Å². The van der Waals surface area contributed by atoms with Crippen molar-refractivity contribution in [2.45, 2.75) is 19.3 Å². The number of piperidine rings is 1.